The van der Waals surface area contributed by atoms with Crippen molar-refractivity contribution in [3.63, 3.8) is 0 Å². The average molecular weight is 351 g/mol. The molecule has 1 unspecified atom stereocenters. The van der Waals surface area contributed by atoms with Gasteiger partial charge in [0.2, 0.25) is 15.9 Å². The Hall–Kier alpha value is -1.47. The van der Waals surface area contributed by atoms with Crippen molar-refractivity contribution >= 4 is 15.9 Å². The Balaban J connectivity index is 1.75. The zero-order chi connectivity index (χ0) is 17.2. The second-order valence-electron chi connectivity index (χ2n) is 6.94. The van der Waals surface area contributed by atoms with Crippen molar-refractivity contribution in [2.75, 3.05) is 25.4 Å². The van der Waals surface area contributed by atoms with Gasteiger partial charge in [-0.2, -0.15) is 0 Å². The summed E-state index contributed by atoms with van der Waals surface area (Å²) in [6, 6.07) is 3.84. The van der Waals surface area contributed by atoms with Gasteiger partial charge in [0, 0.05) is 50.4 Å². The number of carbonyl (C=O) groups excluding carboxylic acids is 1. The van der Waals surface area contributed by atoms with E-state index in [-0.39, 0.29) is 17.1 Å². The summed E-state index contributed by atoms with van der Waals surface area (Å²) in [6.45, 7) is 4.06. The van der Waals surface area contributed by atoms with Crippen LogP contribution >= 0.6 is 0 Å². The molecule has 132 valence electrons. The largest absolute Gasteiger partial charge is 0.338 e. The van der Waals surface area contributed by atoms with Crippen LogP contribution in [0.2, 0.25) is 0 Å². The number of aromatic nitrogens is 1. The van der Waals surface area contributed by atoms with Crippen LogP contribution in [0.25, 0.3) is 0 Å². The first-order chi connectivity index (χ1) is 11.4. The Labute approximate surface area is 143 Å². The lowest BCUT2D eigenvalue weighted by Gasteiger charge is -2.47. The maximum atomic E-state index is 12.3. The molecule has 0 saturated carbocycles. The summed E-state index contributed by atoms with van der Waals surface area (Å²) < 4.78 is 26.1. The average Bonchev–Trinajstić information content (AvgIpc) is 2.59. The van der Waals surface area contributed by atoms with Gasteiger partial charge in [0.05, 0.1) is 5.75 Å². The monoisotopic (exact) mass is 351 g/mol. The van der Waals surface area contributed by atoms with Crippen LogP contribution in [0.5, 0.6) is 0 Å². The first kappa shape index (κ1) is 17.4. The summed E-state index contributed by atoms with van der Waals surface area (Å²) in [5, 5.41) is 0. The van der Waals surface area contributed by atoms with Gasteiger partial charge >= 0.3 is 0 Å². The fraction of sp³-hybridized carbons (Fsp3) is 0.647. The molecule has 2 saturated heterocycles. The summed E-state index contributed by atoms with van der Waals surface area (Å²) in [6.07, 6.45) is 6.62. The third kappa shape index (κ3) is 3.62. The number of amides is 1. The SMILES string of the molecule is CCS(=O)(=O)N1CCCC2(CCC(=O)N(Cc3ccncc3)C2)C1. The molecule has 0 bridgehead atoms. The van der Waals surface area contributed by atoms with E-state index in [9.17, 15) is 13.2 Å². The molecule has 2 aliphatic rings. The van der Waals surface area contributed by atoms with E-state index in [0.717, 1.165) is 24.8 Å². The molecule has 1 aromatic heterocycles. The lowest BCUT2D eigenvalue weighted by molar-refractivity contribution is -0.139. The van der Waals surface area contributed by atoms with Gasteiger partial charge in [-0.05, 0) is 43.9 Å². The maximum Gasteiger partial charge on any atom is 0.222 e. The number of likely N-dealkylation sites (tertiary alicyclic amines) is 1. The number of hydrogen-bond donors (Lipinski definition) is 0. The van der Waals surface area contributed by atoms with Crippen molar-refractivity contribution in [3.05, 3.63) is 30.1 Å². The highest BCUT2D eigenvalue weighted by atomic mass is 32.2. The third-order valence-electron chi connectivity index (χ3n) is 5.26. The van der Waals surface area contributed by atoms with E-state index in [4.69, 9.17) is 0 Å². The second-order valence-corrected chi connectivity index (χ2v) is 9.20. The van der Waals surface area contributed by atoms with E-state index in [1.165, 1.54) is 0 Å². The van der Waals surface area contributed by atoms with E-state index in [1.807, 2.05) is 17.0 Å². The van der Waals surface area contributed by atoms with Crippen LogP contribution in [-0.4, -0.2) is 53.9 Å². The summed E-state index contributed by atoms with van der Waals surface area (Å²) in [5.74, 6) is 0.302. The Morgan fingerprint density at radius 3 is 2.67 bits per heavy atom. The van der Waals surface area contributed by atoms with Crippen LogP contribution in [0.15, 0.2) is 24.5 Å². The predicted octanol–water partition coefficient (Wildman–Crippen LogP) is 1.64. The fourth-order valence-corrected chi connectivity index (χ4v) is 5.11. The lowest BCUT2D eigenvalue weighted by Crippen LogP contribution is -2.55. The highest BCUT2D eigenvalue weighted by Crippen LogP contribution is 2.40. The van der Waals surface area contributed by atoms with Crippen molar-refractivity contribution in [1.29, 1.82) is 0 Å². The molecule has 1 aromatic rings. The molecule has 0 radical (unpaired) electrons. The molecule has 0 aromatic carbocycles. The van der Waals surface area contributed by atoms with Crippen LogP contribution in [0, 0.1) is 5.41 Å². The Bertz CT molecular complexity index is 692. The maximum absolute atomic E-state index is 12.3. The topological polar surface area (TPSA) is 70.6 Å². The van der Waals surface area contributed by atoms with Crippen molar-refractivity contribution in [2.24, 2.45) is 5.41 Å². The van der Waals surface area contributed by atoms with Crippen LogP contribution in [0.1, 0.15) is 38.2 Å². The summed E-state index contributed by atoms with van der Waals surface area (Å²) in [7, 11) is -3.16. The normalized spacial score (nSPS) is 26.0. The van der Waals surface area contributed by atoms with E-state index in [1.54, 1.807) is 23.6 Å². The molecule has 1 spiro atoms. The minimum absolute atomic E-state index is 0.0958. The summed E-state index contributed by atoms with van der Waals surface area (Å²) in [4.78, 5) is 18.2. The third-order valence-corrected chi connectivity index (χ3v) is 7.08. The summed E-state index contributed by atoms with van der Waals surface area (Å²) >= 11 is 0. The van der Waals surface area contributed by atoms with Gasteiger partial charge in [0.15, 0.2) is 0 Å². The highest BCUT2D eigenvalue weighted by Gasteiger charge is 2.43. The quantitative estimate of drug-likeness (QED) is 0.827. The van der Waals surface area contributed by atoms with Crippen LogP contribution in [-0.2, 0) is 21.4 Å². The van der Waals surface area contributed by atoms with E-state index < -0.39 is 10.0 Å². The second kappa shape index (κ2) is 6.80. The molecule has 3 rings (SSSR count). The van der Waals surface area contributed by atoms with E-state index in [2.05, 4.69) is 4.98 Å². The number of rotatable bonds is 4. The molecule has 24 heavy (non-hydrogen) atoms. The Morgan fingerprint density at radius 1 is 1.21 bits per heavy atom. The first-order valence-electron chi connectivity index (χ1n) is 8.59. The Morgan fingerprint density at radius 2 is 1.96 bits per heavy atom. The molecule has 7 heteroatoms. The van der Waals surface area contributed by atoms with Crippen molar-refractivity contribution in [2.45, 2.75) is 39.2 Å². The number of carbonyl (C=O) groups is 1. The molecule has 2 fully saturated rings. The van der Waals surface area contributed by atoms with Gasteiger partial charge in [-0.25, -0.2) is 12.7 Å². The van der Waals surface area contributed by atoms with Crippen LogP contribution in [0.3, 0.4) is 0 Å². The van der Waals surface area contributed by atoms with Crippen molar-refractivity contribution in [3.8, 4) is 0 Å². The van der Waals surface area contributed by atoms with Gasteiger partial charge in [0.25, 0.3) is 0 Å². The molecule has 6 nitrogen and oxygen atoms in total. The molecule has 0 N–H and O–H groups in total. The first-order valence-corrected chi connectivity index (χ1v) is 10.2. The molecular weight excluding hydrogens is 326 g/mol. The van der Waals surface area contributed by atoms with E-state index >= 15 is 0 Å². The minimum atomic E-state index is -3.16. The zero-order valence-corrected chi connectivity index (χ0v) is 15.0. The molecule has 2 aliphatic heterocycles. The number of nitrogens with zero attached hydrogens (tertiary/aromatic N) is 3. The van der Waals surface area contributed by atoms with Crippen LogP contribution < -0.4 is 0 Å². The van der Waals surface area contributed by atoms with Crippen molar-refractivity contribution < 1.29 is 13.2 Å². The lowest BCUT2D eigenvalue weighted by atomic mass is 9.74. The molecule has 1 atom stereocenters. The molecule has 0 aliphatic carbocycles. The summed E-state index contributed by atoms with van der Waals surface area (Å²) in [5.41, 5.74) is 0.964. The number of sulfonamides is 1. The predicted molar refractivity (Wildman–Crippen MR) is 91.6 cm³/mol. The number of hydrogen-bond acceptors (Lipinski definition) is 4. The van der Waals surface area contributed by atoms with Crippen molar-refractivity contribution in [1.82, 2.24) is 14.2 Å². The number of pyridine rings is 1. The standard InChI is InChI=1S/C17H25N3O3S/c1-2-24(22,23)20-11-3-7-17(14-20)8-4-16(21)19(13-17)12-15-5-9-18-10-6-15/h5-6,9-10H,2-4,7-8,11-14H2,1H3. The fourth-order valence-electron chi connectivity index (χ4n) is 3.87. The van der Waals surface area contributed by atoms with Gasteiger partial charge < -0.3 is 4.90 Å². The zero-order valence-electron chi connectivity index (χ0n) is 14.1. The highest BCUT2D eigenvalue weighted by molar-refractivity contribution is 7.89. The molecule has 1 amide bonds. The van der Waals surface area contributed by atoms with E-state index in [0.29, 0.717) is 32.6 Å². The Kier molecular flexibility index (Phi) is 4.92. The van der Waals surface area contributed by atoms with Gasteiger partial charge in [0.1, 0.15) is 0 Å². The van der Waals surface area contributed by atoms with Gasteiger partial charge in [-0.1, -0.05) is 0 Å². The molecular formula is C17H25N3O3S. The van der Waals surface area contributed by atoms with Gasteiger partial charge in [-0.3, -0.25) is 9.78 Å². The smallest absolute Gasteiger partial charge is 0.222 e. The molecule has 3 heterocycles. The number of piperidine rings is 2. The van der Waals surface area contributed by atoms with Gasteiger partial charge in [-0.15, -0.1) is 0 Å². The minimum Gasteiger partial charge on any atom is -0.338 e. The van der Waals surface area contributed by atoms with Crippen LogP contribution in [0.4, 0.5) is 0 Å².